The molecule has 1 aliphatic heterocycles. The van der Waals surface area contributed by atoms with E-state index in [1.807, 2.05) is 12.1 Å². The highest BCUT2D eigenvalue weighted by molar-refractivity contribution is 14.1. The topological polar surface area (TPSA) is 69.6 Å². The maximum atomic E-state index is 12.3. The summed E-state index contributed by atoms with van der Waals surface area (Å²) in [5.41, 5.74) is 0.544. The van der Waals surface area contributed by atoms with Crippen molar-refractivity contribution in [2.45, 2.75) is 25.3 Å². The van der Waals surface area contributed by atoms with Crippen molar-refractivity contribution in [1.29, 1.82) is 0 Å². The Morgan fingerprint density at radius 1 is 1.32 bits per heavy atom. The van der Waals surface area contributed by atoms with Gasteiger partial charge in [-0.3, -0.25) is 4.72 Å². The molecule has 0 saturated carbocycles. The molecule has 106 valence electrons. The second-order valence-electron chi connectivity index (χ2n) is 4.56. The first-order valence-corrected chi connectivity index (χ1v) is 8.71. The van der Waals surface area contributed by atoms with Crippen molar-refractivity contribution in [1.82, 2.24) is 4.31 Å². The molecule has 5 nitrogen and oxygen atoms in total. The minimum atomic E-state index is -3.59. The molecule has 19 heavy (non-hydrogen) atoms. The molecule has 0 spiro atoms. The minimum Gasteiger partial charge on any atom is -0.395 e. The van der Waals surface area contributed by atoms with Crippen LogP contribution in [0.25, 0.3) is 0 Å². The monoisotopic (exact) mass is 396 g/mol. The third-order valence-corrected chi connectivity index (χ3v) is 5.49. The van der Waals surface area contributed by atoms with Crippen molar-refractivity contribution in [3.63, 3.8) is 0 Å². The maximum absolute atomic E-state index is 12.3. The molecule has 1 aromatic carbocycles. The lowest BCUT2D eigenvalue weighted by atomic mass is 10.1. The first-order chi connectivity index (χ1) is 9.03. The van der Waals surface area contributed by atoms with Crippen LogP contribution in [-0.4, -0.2) is 37.0 Å². The molecular formula is C12H17IN2O3S. The normalized spacial score (nSPS) is 21.3. The minimum absolute atomic E-state index is 0.131. The molecule has 0 aromatic heterocycles. The van der Waals surface area contributed by atoms with Gasteiger partial charge < -0.3 is 5.11 Å². The molecule has 1 saturated heterocycles. The Labute approximate surface area is 127 Å². The number of aliphatic hydroxyl groups excluding tert-OH is 1. The summed E-state index contributed by atoms with van der Waals surface area (Å²) < 4.78 is 29.6. The molecule has 2 rings (SSSR count). The van der Waals surface area contributed by atoms with Crippen LogP contribution in [0.2, 0.25) is 0 Å². The van der Waals surface area contributed by atoms with Gasteiger partial charge >= 0.3 is 10.2 Å². The standard InChI is InChI=1S/C12H17IN2O3S/c13-10-4-6-11(7-5-10)14-19(17,18)15-8-2-1-3-12(15)9-16/h4-7,12,14,16H,1-3,8-9H2. The lowest BCUT2D eigenvalue weighted by Crippen LogP contribution is -2.47. The van der Waals surface area contributed by atoms with Crippen LogP contribution in [-0.2, 0) is 10.2 Å². The van der Waals surface area contributed by atoms with Crippen LogP contribution in [0.5, 0.6) is 0 Å². The average molecular weight is 396 g/mol. The molecule has 0 radical (unpaired) electrons. The van der Waals surface area contributed by atoms with Gasteiger partial charge in [0.2, 0.25) is 0 Å². The lowest BCUT2D eigenvalue weighted by molar-refractivity contribution is 0.156. The zero-order chi connectivity index (χ0) is 13.9. The van der Waals surface area contributed by atoms with E-state index in [0.29, 0.717) is 18.7 Å². The van der Waals surface area contributed by atoms with Gasteiger partial charge in [0.1, 0.15) is 0 Å². The molecule has 1 aliphatic rings. The van der Waals surface area contributed by atoms with Crippen molar-refractivity contribution < 1.29 is 13.5 Å². The van der Waals surface area contributed by atoms with Crippen LogP contribution < -0.4 is 4.72 Å². The van der Waals surface area contributed by atoms with Crippen molar-refractivity contribution in [3.8, 4) is 0 Å². The fourth-order valence-electron chi connectivity index (χ4n) is 2.20. The Morgan fingerprint density at radius 2 is 2.00 bits per heavy atom. The van der Waals surface area contributed by atoms with Gasteiger partial charge in [-0.05, 0) is 59.7 Å². The number of aliphatic hydroxyl groups is 1. The van der Waals surface area contributed by atoms with Crippen molar-refractivity contribution in [2.75, 3.05) is 17.9 Å². The van der Waals surface area contributed by atoms with E-state index in [0.717, 1.165) is 16.4 Å². The average Bonchev–Trinajstić information content (AvgIpc) is 2.41. The van der Waals surface area contributed by atoms with Gasteiger partial charge in [-0.2, -0.15) is 12.7 Å². The van der Waals surface area contributed by atoms with Crippen LogP contribution >= 0.6 is 22.6 Å². The first kappa shape index (κ1) is 15.0. The van der Waals surface area contributed by atoms with Crippen LogP contribution in [0.1, 0.15) is 19.3 Å². The van der Waals surface area contributed by atoms with E-state index in [4.69, 9.17) is 0 Å². The van der Waals surface area contributed by atoms with Gasteiger partial charge in [0, 0.05) is 21.8 Å². The second-order valence-corrected chi connectivity index (χ2v) is 7.43. The van der Waals surface area contributed by atoms with Crippen molar-refractivity contribution in [2.24, 2.45) is 0 Å². The summed E-state index contributed by atoms with van der Waals surface area (Å²) in [5, 5.41) is 9.29. The summed E-state index contributed by atoms with van der Waals surface area (Å²) >= 11 is 2.17. The van der Waals surface area contributed by atoms with Crippen LogP contribution in [0.3, 0.4) is 0 Å². The summed E-state index contributed by atoms with van der Waals surface area (Å²) in [7, 11) is -3.59. The van der Waals surface area contributed by atoms with Crippen molar-refractivity contribution in [3.05, 3.63) is 27.8 Å². The Kier molecular flexibility index (Phi) is 5.04. The van der Waals surface area contributed by atoms with Crippen LogP contribution in [0.15, 0.2) is 24.3 Å². The molecule has 1 aromatic rings. The molecule has 1 heterocycles. The molecule has 2 N–H and O–H groups in total. The Morgan fingerprint density at radius 3 is 2.63 bits per heavy atom. The molecule has 1 atom stereocenters. The SMILES string of the molecule is O=S(=O)(Nc1ccc(I)cc1)N1CCCCC1CO. The number of hydrogen-bond acceptors (Lipinski definition) is 3. The summed E-state index contributed by atoms with van der Waals surface area (Å²) in [6, 6.07) is 6.85. The maximum Gasteiger partial charge on any atom is 0.301 e. The number of piperidine rings is 1. The quantitative estimate of drug-likeness (QED) is 0.763. The number of halogens is 1. The molecule has 7 heteroatoms. The highest BCUT2D eigenvalue weighted by atomic mass is 127. The Balaban J connectivity index is 2.14. The molecule has 0 amide bonds. The van der Waals surface area contributed by atoms with Gasteiger partial charge in [-0.15, -0.1) is 0 Å². The van der Waals surface area contributed by atoms with E-state index in [2.05, 4.69) is 27.3 Å². The first-order valence-electron chi connectivity index (χ1n) is 6.19. The van der Waals surface area contributed by atoms with Crippen LogP contribution in [0, 0.1) is 3.57 Å². The van der Waals surface area contributed by atoms with Gasteiger partial charge in [0.05, 0.1) is 6.61 Å². The number of anilines is 1. The van der Waals surface area contributed by atoms with Crippen molar-refractivity contribution >= 4 is 38.5 Å². The number of nitrogens with zero attached hydrogens (tertiary/aromatic N) is 1. The number of hydrogen-bond donors (Lipinski definition) is 2. The second kappa shape index (κ2) is 6.38. The zero-order valence-electron chi connectivity index (χ0n) is 10.4. The van der Waals surface area contributed by atoms with E-state index < -0.39 is 10.2 Å². The summed E-state index contributed by atoms with van der Waals surface area (Å²) in [4.78, 5) is 0. The largest absolute Gasteiger partial charge is 0.395 e. The fourth-order valence-corrected chi connectivity index (χ4v) is 4.04. The van der Waals surface area contributed by atoms with E-state index in [1.165, 1.54) is 4.31 Å². The summed E-state index contributed by atoms with van der Waals surface area (Å²) in [6.45, 7) is 0.332. The smallest absolute Gasteiger partial charge is 0.301 e. The van der Waals surface area contributed by atoms with Gasteiger partial charge in [-0.25, -0.2) is 0 Å². The summed E-state index contributed by atoms with van der Waals surface area (Å²) in [5.74, 6) is 0. The Bertz CT molecular complexity index is 518. The van der Waals surface area contributed by atoms with Gasteiger partial charge in [0.15, 0.2) is 0 Å². The number of rotatable bonds is 4. The van der Waals surface area contributed by atoms with E-state index >= 15 is 0 Å². The zero-order valence-corrected chi connectivity index (χ0v) is 13.4. The highest BCUT2D eigenvalue weighted by Crippen LogP contribution is 2.22. The predicted molar refractivity (Wildman–Crippen MR) is 83.1 cm³/mol. The fraction of sp³-hybridized carbons (Fsp3) is 0.500. The number of benzene rings is 1. The highest BCUT2D eigenvalue weighted by Gasteiger charge is 2.31. The number of nitrogens with one attached hydrogen (secondary N) is 1. The molecule has 0 bridgehead atoms. The molecular weight excluding hydrogens is 379 g/mol. The molecule has 1 unspecified atom stereocenters. The summed E-state index contributed by atoms with van der Waals surface area (Å²) in [6.07, 6.45) is 2.51. The lowest BCUT2D eigenvalue weighted by Gasteiger charge is -2.33. The van der Waals surface area contributed by atoms with Crippen LogP contribution in [0.4, 0.5) is 5.69 Å². The Hall–Kier alpha value is -0.380. The van der Waals surface area contributed by atoms with E-state index in [-0.39, 0.29) is 12.6 Å². The molecule has 1 fully saturated rings. The third-order valence-electron chi connectivity index (χ3n) is 3.18. The predicted octanol–water partition coefficient (Wildman–Crippen LogP) is 1.79. The van der Waals surface area contributed by atoms with Gasteiger partial charge in [0.25, 0.3) is 0 Å². The third kappa shape index (κ3) is 3.80. The van der Waals surface area contributed by atoms with E-state index in [9.17, 15) is 13.5 Å². The molecule has 0 aliphatic carbocycles. The van der Waals surface area contributed by atoms with Gasteiger partial charge in [-0.1, -0.05) is 6.42 Å². The van der Waals surface area contributed by atoms with E-state index in [1.54, 1.807) is 12.1 Å².